The molecule has 0 saturated carbocycles. The predicted molar refractivity (Wildman–Crippen MR) is 110 cm³/mol. The average Bonchev–Trinajstić information content (AvgIpc) is 3.01. The second kappa shape index (κ2) is 7.53. The molecule has 1 aromatic carbocycles. The monoisotopic (exact) mass is 421 g/mol. The number of nitrogens with two attached hydrogens (primary N) is 2. The van der Waals surface area contributed by atoms with Crippen LogP contribution in [0.15, 0.2) is 44.7 Å². The minimum Gasteiger partial charge on any atom is -0.403 e. The first kappa shape index (κ1) is 19.7. The van der Waals surface area contributed by atoms with Crippen molar-refractivity contribution in [1.82, 2.24) is 18.7 Å². The Morgan fingerprint density at radius 2 is 1.93 bits per heavy atom. The van der Waals surface area contributed by atoms with Gasteiger partial charge in [-0.3, -0.25) is 13.9 Å². The number of hydrogen-bond donors (Lipinski definition) is 2. The van der Waals surface area contributed by atoms with Gasteiger partial charge in [0, 0.05) is 20.3 Å². The minimum absolute atomic E-state index is 0.0327. The summed E-state index contributed by atoms with van der Waals surface area (Å²) in [6.45, 7) is 0.0327. The third-order valence-electron chi connectivity index (χ3n) is 4.18. The van der Waals surface area contributed by atoms with Crippen molar-refractivity contribution in [2.45, 2.75) is 6.54 Å². The van der Waals surface area contributed by atoms with Gasteiger partial charge in [0.15, 0.2) is 11.2 Å². The zero-order chi connectivity index (χ0) is 20.6. The van der Waals surface area contributed by atoms with Crippen LogP contribution in [0.2, 0.25) is 10.0 Å². The molecule has 0 radical (unpaired) electrons. The van der Waals surface area contributed by atoms with Crippen molar-refractivity contribution in [2.24, 2.45) is 30.6 Å². The third-order valence-corrected chi connectivity index (χ3v) is 4.92. The normalized spacial score (nSPS) is 12.4. The quantitative estimate of drug-likeness (QED) is 0.612. The molecule has 0 aliphatic rings. The van der Waals surface area contributed by atoms with Crippen molar-refractivity contribution in [3.8, 4) is 0 Å². The number of allylic oxidation sites excluding steroid dienone is 1. The van der Waals surface area contributed by atoms with E-state index in [2.05, 4.69) is 9.98 Å². The summed E-state index contributed by atoms with van der Waals surface area (Å²) in [5.41, 5.74) is 11.2. The number of aromatic nitrogens is 4. The van der Waals surface area contributed by atoms with Crippen molar-refractivity contribution in [2.75, 3.05) is 0 Å². The maximum absolute atomic E-state index is 13.0. The Labute approximate surface area is 169 Å². The van der Waals surface area contributed by atoms with Crippen LogP contribution in [0.5, 0.6) is 0 Å². The van der Waals surface area contributed by atoms with Gasteiger partial charge in [0.05, 0.1) is 28.5 Å². The lowest BCUT2D eigenvalue weighted by Gasteiger charge is -2.09. The number of nitrogens with zero attached hydrogens (tertiary/aromatic N) is 5. The zero-order valence-electron chi connectivity index (χ0n) is 15.1. The number of rotatable bonds is 4. The molecule has 0 atom stereocenters. The first-order valence-corrected chi connectivity index (χ1v) is 8.81. The van der Waals surface area contributed by atoms with Crippen LogP contribution in [-0.2, 0) is 20.6 Å². The molecule has 0 aliphatic heterocycles. The smallest absolute Gasteiger partial charge is 0.332 e. The maximum Gasteiger partial charge on any atom is 0.332 e. The second-order valence-electron chi connectivity index (χ2n) is 6.05. The van der Waals surface area contributed by atoms with Gasteiger partial charge < -0.3 is 16.0 Å². The number of halogens is 2. The van der Waals surface area contributed by atoms with E-state index in [4.69, 9.17) is 34.7 Å². The molecule has 3 rings (SSSR count). The molecule has 9 nitrogen and oxygen atoms in total. The second-order valence-corrected chi connectivity index (χ2v) is 6.86. The van der Waals surface area contributed by atoms with Gasteiger partial charge in [-0.15, -0.1) is 0 Å². The Morgan fingerprint density at radius 1 is 1.21 bits per heavy atom. The Hall–Kier alpha value is -3.04. The lowest BCUT2D eigenvalue weighted by atomic mass is 10.2. The summed E-state index contributed by atoms with van der Waals surface area (Å²) in [6.07, 6.45) is 2.50. The first-order chi connectivity index (χ1) is 13.2. The summed E-state index contributed by atoms with van der Waals surface area (Å²) < 4.78 is 3.88. The van der Waals surface area contributed by atoms with E-state index in [0.29, 0.717) is 15.6 Å². The number of benzene rings is 1. The summed E-state index contributed by atoms with van der Waals surface area (Å²) in [6, 6.07) is 4.92. The molecule has 0 saturated heterocycles. The molecule has 0 aliphatic carbocycles. The molecular formula is C17H17Cl2N7O2. The number of hydrogen-bond acceptors (Lipinski definition) is 6. The van der Waals surface area contributed by atoms with Gasteiger partial charge in [0.2, 0.25) is 5.95 Å². The molecule has 0 spiro atoms. The summed E-state index contributed by atoms with van der Waals surface area (Å²) in [7, 11) is 3.16. The SMILES string of the molecule is Cn1c(N=CC(N)=CN)nc2c1c(=O)n(Cc1ccc(Cl)c(Cl)c1)c(=O)n2C. The van der Waals surface area contributed by atoms with Gasteiger partial charge in [-0.25, -0.2) is 9.79 Å². The van der Waals surface area contributed by atoms with Crippen molar-refractivity contribution in [3.05, 3.63) is 66.5 Å². The summed E-state index contributed by atoms with van der Waals surface area (Å²) >= 11 is 12.0. The molecule has 146 valence electrons. The molecule has 11 heteroatoms. The maximum atomic E-state index is 13.0. The van der Waals surface area contributed by atoms with Crippen LogP contribution in [0, 0.1) is 0 Å². The van der Waals surface area contributed by atoms with Crippen LogP contribution < -0.4 is 22.7 Å². The van der Waals surface area contributed by atoms with Crippen molar-refractivity contribution < 1.29 is 0 Å². The van der Waals surface area contributed by atoms with Crippen LogP contribution in [0.3, 0.4) is 0 Å². The van der Waals surface area contributed by atoms with E-state index < -0.39 is 11.2 Å². The number of aliphatic imine (C=N–C) groups is 1. The Bertz CT molecular complexity index is 1250. The van der Waals surface area contributed by atoms with E-state index in [1.54, 1.807) is 25.2 Å². The lowest BCUT2D eigenvalue weighted by Crippen LogP contribution is -2.39. The number of imidazole rings is 1. The number of fused-ring (bicyclic) bond motifs is 1. The molecule has 2 aromatic heterocycles. The van der Waals surface area contributed by atoms with Gasteiger partial charge >= 0.3 is 5.69 Å². The van der Waals surface area contributed by atoms with E-state index in [-0.39, 0.29) is 29.4 Å². The molecular weight excluding hydrogens is 405 g/mol. The van der Waals surface area contributed by atoms with Crippen LogP contribution in [0.25, 0.3) is 11.2 Å². The largest absolute Gasteiger partial charge is 0.403 e. The van der Waals surface area contributed by atoms with Crippen molar-refractivity contribution >= 4 is 46.5 Å². The van der Waals surface area contributed by atoms with Crippen LogP contribution in [0.4, 0.5) is 5.95 Å². The third kappa shape index (κ3) is 3.41. The van der Waals surface area contributed by atoms with Gasteiger partial charge in [-0.05, 0) is 17.7 Å². The van der Waals surface area contributed by atoms with Crippen LogP contribution >= 0.6 is 23.2 Å². The molecule has 0 bridgehead atoms. The highest BCUT2D eigenvalue weighted by Gasteiger charge is 2.18. The molecule has 3 aromatic rings. The van der Waals surface area contributed by atoms with Gasteiger partial charge in [0.25, 0.3) is 5.56 Å². The summed E-state index contributed by atoms with van der Waals surface area (Å²) in [5, 5.41) is 0.730. The molecule has 4 N–H and O–H groups in total. The van der Waals surface area contributed by atoms with E-state index in [1.807, 2.05) is 0 Å². The average molecular weight is 422 g/mol. The van der Waals surface area contributed by atoms with Crippen LogP contribution in [-0.4, -0.2) is 24.9 Å². The highest BCUT2D eigenvalue weighted by molar-refractivity contribution is 6.42. The zero-order valence-corrected chi connectivity index (χ0v) is 16.6. The Morgan fingerprint density at radius 3 is 2.57 bits per heavy atom. The van der Waals surface area contributed by atoms with E-state index in [9.17, 15) is 9.59 Å². The molecule has 0 fully saturated rings. The summed E-state index contributed by atoms with van der Waals surface area (Å²) in [4.78, 5) is 34.1. The minimum atomic E-state index is -0.515. The standard InChI is InChI=1S/C17H17Cl2N7O2/c1-24-13-14(23-16(24)22-7-10(21)6-20)25(2)17(28)26(15(13)27)8-9-3-4-11(18)12(19)5-9/h3-7H,8,20-21H2,1-2H3. The van der Waals surface area contributed by atoms with Gasteiger partial charge in [-0.1, -0.05) is 29.3 Å². The fourth-order valence-corrected chi connectivity index (χ4v) is 3.00. The molecule has 0 unspecified atom stereocenters. The highest BCUT2D eigenvalue weighted by Crippen LogP contribution is 2.23. The molecule has 0 amide bonds. The topological polar surface area (TPSA) is 126 Å². The van der Waals surface area contributed by atoms with E-state index in [1.165, 1.54) is 28.6 Å². The highest BCUT2D eigenvalue weighted by atomic mass is 35.5. The van der Waals surface area contributed by atoms with E-state index >= 15 is 0 Å². The van der Waals surface area contributed by atoms with Crippen molar-refractivity contribution in [1.29, 1.82) is 0 Å². The van der Waals surface area contributed by atoms with Crippen molar-refractivity contribution in [3.63, 3.8) is 0 Å². The fourth-order valence-electron chi connectivity index (χ4n) is 2.68. The van der Waals surface area contributed by atoms with Gasteiger partial charge in [0.1, 0.15) is 0 Å². The predicted octanol–water partition coefficient (Wildman–Crippen LogP) is 1.25. The first-order valence-electron chi connectivity index (χ1n) is 8.06. The fraction of sp³-hybridized carbons (Fsp3) is 0.176. The van der Waals surface area contributed by atoms with Crippen LogP contribution in [0.1, 0.15) is 5.56 Å². The summed E-state index contributed by atoms with van der Waals surface area (Å²) in [5.74, 6) is 0.208. The molecule has 2 heterocycles. The Kier molecular flexibility index (Phi) is 5.30. The Balaban J connectivity index is 2.19. The lowest BCUT2D eigenvalue weighted by molar-refractivity contribution is 0.655. The number of aryl methyl sites for hydroxylation is 2. The van der Waals surface area contributed by atoms with Gasteiger partial charge in [-0.2, -0.15) is 4.98 Å². The van der Waals surface area contributed by atoms with E-state index in [0.717, 1.165) is 4.57 Å². The molecule has 28 heavy (non-hydrogen) atoms.